The molecule has 1 N–H and O–H groups in total. The quantitative estimate of drug-likeness (QED) is 0.618. The molecule has 1 amide bonds. The number of fused-ring (bicyclic) bond motifs is 1. The van der Waals surface area contributed by atoms with Crippen LogP contribution in [-0.4, -0.2) is 20.1 Å². The monoisotopic (exact) mass is 395 g/mol. The fourth-order valence-corrected chi connectivity index (χ4v) is 3.35. The molecule has 3 aromatic rings. The molecular weight excluding hydrogens is 370 g/mol. The Morgan fingerprint density at radius 2 is 1.72 bits per heavy atom. The topological polar surface area (TPSA) is 77.8 Å². The second-order valence-corrected chi connectivity index (χ2v) is 6.89. The van der Waals surface area contributed by atoms with E-state index < -0.39 is 5.63 Å². The molecular formula is C23H25NO5. The van der Waals surface area contributed by atoms with E-state index in [1.807, 2.05) is 50.2 Å². The minimum absolute atomic E-state index is 0.120. The summed E-state index contributed by atoms with van der Waals surface area (Å²) in [6, 6.07) is 11.2. The summed E-state index contributed by atoms with van der Waals surface area (Å²) in [5, 5.41) is 3.74. The van der Waals surface area contributed by atoms with E-state index in [1.54, 1.807) is 14.2 Å². The third-order valence-corrected chi connectivity index (χ3v) is 5.12. The molecule has 1 heterocycles. The molecule has 1 aromatic heterocycles. The maximum Gasteiger partial charge on any atom is 0.339 e. The second-order valence-electron chi connectivity index (χ2n) is 6.89. The molecule has 0 unspecified atom stereocenters. The van der Waals surface area contributed by atoms with Gasteiger partial charge in [-0.25, -0.2) is 4.79 Å². The maximum absolute atomic E-state index is 12.5. The van der Waals surface area contributed by atoms with Gasteiger partial charge in [-0.15, -0.1) is 0 Å². The van der Waals surface area contributed by atoms with Crippen LogP contribution in [0.25, 0.3) is 11.0 Å². The van der Waals surface area contributed by atoms with Crippen LogP contribution in [0, 0.1) is 13.8 Å². The fourth-order valence-electron chi connectivity index (χ4n) is 3.35. The first kappa shape index (κ1) is 20.5. The maximum atomic E-state index is 12.5. The van der Waals surface area contributed by atoms with Crippen LogP contribution in [0.15, 0.2) is 45.6 Å². The first-order valence-electron chi connectivity index (χ1n) is 9.44. The molecule has 0 fully saturated rings. The molecule has 0 atom stereocenters. The van der Waals surface area contributed by atoms with Crippen molar-refractivity contribution in [2.24, 2.45) is 0 Å². The minimum atomic E-state index is -0.408. The Labute approximate surface area is 169 Å². The van der Waals surface area contributed by atoms with Gasteiger partial charge in [0.1, 0.15) is 17.1 Å². The normalized spacial score (nSPS) is 10.8. The molecule has 152 valence electrons. The highest BCUT2D eigenvalue weighted by Crippen LogP contribution is 2.29. The predicted molar refractivity (Wildman–Crippen MR) is 112 cm³/mol. The Kier molecular flexibility index (Phi) is 6.22. The van der Waals surface area contributed by atoms with Gasteiger partial charge in [0, 0.05) is 29.5 Å². The van der Waals surface area contributed by atoms with Gasteiger partial charge in [0.25, 0.3) is 0 Å². The summed E-state index contributed by atoms with van der Waals surface area (Å²) in [5.74, 6) is 1.32. The Morgan fingerprint density at radius 1 is 1.00 bits per heavy atom. The smallest absolute Gasteiger partial charge is 0.339 e. The molecule has 3 rings (SSSR count). The predicted octanol–water partition coefficient (Wildman–Crippen LogP) is 3.68. The van der Waals surface area contributed by atoms with Gasteiger partial charge < -0.3 is 19.2 Å². The zero-order valence-electron chi connectivity index (χ0n) is 17.1. The summed E-state index contributed by atoms with van der Waals surface area (Å²) >= 11 is 0. The summed E-state index contributed by atoms with van der Waals surface area (Å²) in [5.41, 5.74) is 3.25. The number of carbonyl (C=O) groups is 1. The highest BCUT2D eigenvalue weighted by Gasteiger charge is 2.16. The molecule has 0 radical (unpaired) electrons. The van der Waals surface area contributed by atoms with Gasteiger partial charge in [-0.1, -0.05) is 12.1 Å². The summed E-state index contributed by atoms with van der Waals surface area (Å²) in [4.78, 5) is 24.8. The van der Waals surface area contributed by atoms with Gasteiger partial charge in [0.2, 0.25) is 5.91 Å². The first-order valence-corrected chi connectivity index (χ1v) is 9.44. The highest BCUT2D eigenvalue weighted by molar-refractivity contribution is 5.85. The fraction of sp³-hybridized carbons (Fsp3) is 0.304. The van der Waals surface area contributed by atoms with Crippen molar-refractivity contribution < 1.29 is 18.7 Å². The van der Waals surface area contributed by atoms with Crippen molar-refractivity contribution in [3.05, 3.63) is 69.1 Å². The van der Waals surface area contributed by atoms with Crippen molar-refractivity contribution in [3.63, 3.8) is 0 Å². The molecule has 29 heavy (non-hydrogen) atoms. The van der Waals surface area contributed by atoms with Crippen LogP contribution < -0.4 is 20.4 Å². The van der Waals surface area contributed by atoms with Crippen LogP contribution in [0.1, 0.15) is 28.7 Å². The van der Waals surface area contributed by atoms with Crippen molar-refractivity contribution in [1.82, 2.24) is 5.32 Å². The lowest BCUT2D eigenvalue weighted by atomic mass is 10.00. The number of rotatable bonds is 7. The Bertz CT molecular complexity index is 1080. The van der Waals surface area contributed by atoms with Crippen molar-refractivity contribution in [1.29, 1.82) is 0 Å². The van der Waals surface area contributed by atoms with E-state index in [9.17, 15) is 9.59 Å². The van der Waals surface area contributed by atoms with Crippen LogP contribution in [0.3, 0.4) is 0 Å². The van der Waals surface area contributed by atoms with Crippen molar-refractivity contribution in [2.75, 3.05) is 14.2 Å². The Hall–Kier alpha value is -3.28. The number of amides is 1. The standard InChI is InChI=1S/C23H25NO5/c1-14-18-9-11-20(28-4)15(2)22(18)29-23(26)19(14)10-12-21(25)24-13-16-5-7-17(27-3)8-6-16/h5-9,11H,10,12-13H2,1-4H3,(H,24,25). The van der Waals surface area contributed by atoms with Gasteiger partial charge in [0.05, 0.1) is 14.2 Å². The van der Waals surface area contributed by atoms with E-state index in [0.717, 1.165) is 27.8 Å². The van der Waals surface area contributed by atoms with Crippen molar-refractivity contribution in [3.8, 4) is 11.5 Å². The van der Waals surface area contributed by atoms with Crippen molar-refractivity contribution in [2.45, 2.75) is 33.2 Å². The average Bonchev–Trinajstić information content (AvgIpc) is 2.73. The molecule has 0 bridgehead atoms. The highest BCUT2D eigenvalue weighted by atomic mass is 16.5. The molecule has 0 saturated carbocycles. The molecule has 6 heteroatoms. The summed E-state index contributed by atoms with van der Waals surface area (Å²) in [6.45, 7) is 4.17. The molecule has 0 aliphatic heterocycles. The van der Waals surface area contributed by atoms with E-state index >= 15 is 0 Å². The number of aryl methyl sites for hydroxylation is 2. The van der Waals surface area contributed by atoms with E-state index in [-0.39, 0.29) is 12.3 Å². The SMILES string of the molecule is COc1ccc(CNC(=O)CCc2c(C)c3ccc(OC)c(C)c3oc2=O)cc1. The van der Waals surface area contributed by atoms with E-state index in [0.29, 0.717) is 29.9 Å². The number of methoxy groups -OCH3 is 2. The second kappa shape index (κ2) is 8.82. The lowest BCUT2D eigenvalue weighted by Gasteiger charge is -2.12. The molecule has 2 aromatic carbocycles. The van der Waals surface area contributed by atoms with E-state index in [4.69, 9.17) is 13.9 Å². The van der Waals surface area contributed by atoms with Gasteiger partial charge in [-0.2, -0.15) is 0 Å². The van der Waals surface area contributed by atoms with Gasteiger partial charge in [-0.3, -0.25) is 4.79 Å². The number of nitrogens with one attached hydrogen (secondary N) is 1. The third-order valence-electron chi connectivity index (χ3n) is 5.12. The third kappa shape index (κ3) is 4.42. The van der Waals surface area contributed by atoms with Crippen LogP contribution in [0.5, 0.6) is 11.5 Å². The van der Waals surface area contributed by atoms with Crippen LogP contribution in [0.2, 0.25) is 0 Å². The van der Waals surface area contributed by atoms with Crippen LogP contribution in [0.4, 0.5) is 0 Å². The first-order chi connectivity index (χ1) is 13.9. The van der Waals surface area contributed by atoms with Gasteiger partial charge in [0.15, 0.2) is 0 Å². The Morgan fingerprint density at radius 3 is 2.38 bits per heavy atom. The molecule has 6 nitrogen and oxygen atoms in total. The average molecular weight is 395 g/mol. The number of ether oxygens (including phenoxy) is 2. The lowest BCUT2D eigenvalue weighted by Crippen LogP contribution is -2.24. The van der Waals surface area contributed by atoms with E-state index in [2.05, 4.69) is 5.32 Å². The number of benzene rings is 2. The minimum Gasteiger partial charge on any atom is -0.497 e. The Balaban J connectivity index is 1.69. The van der Waals surface area contributed by atoms with Gasteiger partial charge in [-0.05, 0) is 55.7 Å². The molecule has 0 spiro atoms. The van der Waals surface area contributed by atoms with Gasteiger partial charge >= 0.3 is 5.63 Å². The molecule has 0 aliphatic carbocycles. The largest absolute Gasteiger partial charge is 0.497 e. The van der Waals surface area contributed by atoms with Crippen LogP contribution >= 0.6 is 0 Å². The number of hydrogen-bond donors (Lipinski definition) is 1. The lowest BCUT2D eigenvalue weighted by molar-refractivity contribution is -0.121. The number of carbonyl (C=O) groups excluding carboxylic acids is 1. The summed E-state index contributed by atoms with van der Waals surface area (Å²) in [6.07, 6.45) is 0.534. The zero-order valence-corrected chi connectivity index (χ0v) is 17.1. The molecule has 0 saturated heterocycles. The zero-order chi connectivity index (χ0) is 21.0. The van der Waals surface area contributed by atoms with Crippen LogP contribution in [-0.2, 0) is 17.8 Å². The molecule has 0 aliphatic rings. The van der Waals surface area contributed by atoms with Crippen molar-refractivity contribution >= 4 is 16.9 Å². The van der Waals surface area contributed by atoms with E-state index in [1.165, 1.54) is 0 Å². The summed E-state index contributed by atoms with van der Waals surface area (Å²) < 4.78 is 16.0. The summed E-state index contributed by atoms with van der Waals surface area (Å²) in [7, 11) is 3.19. The number of hydrogen-bond acceptors (Lipinski definition) is 5.